The fourth-order valence-electron chi connectivity index (χ4n) is 8.24. The summed E-state index contributed by atoms with van der Waals surface area (Å²) in [5.41, 5.74) is 0. The van der Waals surface area contributed by atoms with Crippen molar-refractivity contribution >= 4 is 11.9 Å². The van der Waals surface area contributed by atoms with Crippen molar-refractivity contribution in [3.05, 3.63) is 36.5 Å². The van der Waals surface area contributed by atoms with Crippen LogP contribution in [0.5, 0.6) is 0 Å². The van der Waals surface area contributed by atoms with Gasteiger partial charge in [0.25, 0.3) is 0 Å². The minimum atomic E-state index is -0.846. The van der Waals surface area contributed by atoms with Gasteiger partial charge in [-0.05, 0) is 51.4 Å². The highest BCUT2D eigenvalue weighted by Gasteiger charge is 2.18. The van der Waals surface area contributed by atoms with Crippen molar-refractivity contribution in [2.75, 3.05) is 13.2 Å². The van der Waals surface area contributed by atoms with Gasteiger partial charge in [-0.1, -0.05) is 256 Å². The monoisotopic (exact) mass is 872 g/mol. The lowest BCUT2D eigenvalue weighted by molar-refractivity contribution is -0.143. The van der Waals surface area contributed by atoms with Crippen LogP contribution in [0, 0.1) is 0 Å². The summed E-state index contributed by atoms with van der Waals surface area (Å²) in [6.45, 7) is 4.78. The molecule has 62 heavy (non-hydrogen) atoms. The highest BCUT2D eigenvalue weighted by Crippen LogP contribution is 2.16. The quantitative estimate of drug-likeness (QED) is 0.0321. The molecule has 0 aliphatic rings. The van der Waals surface area contributed by atoms with Crippen molar-refractivity contribution in [1.82, 2.24) is 5.32 Å². The number of allylic oxidation sites excluding steroid dienone is 4. The van der Waals surface area contributed by atoms with E-state index in [1.54, 1.807) is 6.08 Å². The normalized spacial score (nSPS) is 12.9. The highest BCUT2D eigenvalue weighted by atomic mass is 16.5. The van der Waals surface area contributed by atoms with E-state index in [4.69, 9.17) is 4.74 Å². The maximum Gasteiger partial charge on any atom is 0.305 e. The van der Waals surface area contributed by atoms with Gasteiger partial charge in [0.05, 0.1) is 25.4 Å². The van der Waals surface area contributed by atoms with Gasteiger partial charge in [0, 0.05) is 12.8 Å². The van der Waals surface area contributed by atoms with Gasteiger partial charge < -0.3 is 20.3 Å². The Bertz CT molecular complexity index is 1010. The zero-order valence-corrected chi connectivity index (χ0v) is 41.4. The summed E-state index contributed by atoms with van der Waals surface area (Å²) in [5, 5.41) is 23.0. The third-order valence-electron chi connectivity index (χ3n) is 12.4. The lowest BCUT2D eigenvalue weighted by Gasteiger charge is -2.20. The van der Waals surface area contributed by atoms with Gasteiger partial charge in [-0.25, -0.2) is 0 Å². The van der Waals surface area contributed by atoms with Crippen LogP contribution in [-0.2, 0) is 14.3 Å². The smallest absolute Gasteiger partial charge is 0.305 e. The number of carbonyl (C=O) groups is 2. The molecular formula is C56H105NO5. The standard InChI is InChI=1S/C56H105NO5/c1-3-5-7-9-11-13-15-25-30-34-38-42-46-50-56(61)62-51-47-43-39-35-31-27-24-22-20-18-16-17-19-21-23-26-29-33-37-41-45-49-55(60)57-53(52-58)54(59)48-44-40-36-32-28-14-12-10-8-6-4-2/h27,31,39,43-44,48,53-54,58-59H,3-26,28-30,32-38,40-42,45-47,49-52H2,1-2H3,(H,57,60)/b31-27-,43-39-,48-44+. The average Bonchev–Trinajstić information content (AvgIpc) is 3.27. The summed E-state index contributed by atoms with van der Waals surface area (Å²) in [7, 11) is 0. The first-order valence-corrected chi connectivity index (χ1v) is 27.3. The van der Waals surface area contributed by atoms with Crippen LogP contribution in [0.1, 0.15) is 284 Å². The molecule has 6 nitrogen and oxygen atoms in total. The van der Waals surface area contributed by atoms with Crippen LogP contribution in [0.15, 0.2) is 36.5 Å². The molecule has 0 aromatic rings. The average molecular weight is 872 g/mol. The zero-order valence-electron chi connectivity index (χ0n) is 41.4. The van der Waals surface area contributed by atoms with Crippen LogP contribution in [0.3, 0.4) is 0 Å². The van der Waals surface area contributed by atoms with Crippen molar-refractivity contribution in [2.24, 2.45) is 0 Å². The maximum absolute atomic E-state index is 12.4. The summed E-state index contributed by atoms with van der Waals surface area (Å²) in [5.74, 6) is -0.109. The van der Waals surface area contributed by atoms with E-state index in [1.165, 1.54) is 205 Å². The minimum absolute atomic E-state index is 0.0348. The van der Waals surface area contributed by atoms with Gasteiger partial charge >= 0.3 is 5.97 Å². The second kappa shape index (κ2) is 51.7. The third kappa shape index (κ3) is 47.6. The lowest BCUT2D eigenvalue weighted by atomic mass is 10.0. The minimum Gasteiger partial charge on any atom is -0.465 e. The SMILES string of the molecule is CCCCCCCCCCC/C=C/C(O)C(CO)NC(=O)CCCCCCCCCCCCCCCC/C=C\C/C=C\CCOC(=O)CCCCCCCCCCCCCCC. The Balaban J connectivity index is 3.46. The van der Waals surface area contributed by atoms with Crippen LogP contribution in [0.2, 0.25) is 0 Å². The molecule has 0 aliphatic heterocycles. The number of rotatable bonds is 50. The molecule has 0 saturated carbocycles. The van der Waals surface area contributed by atoms with Crippen molar-refractivity contribution in [2.45, 2.75) is 296 Å². The van der Waals surface area contributed by atoms with E-state index in [1.807, 2.05) is 6.08 Å². The molecule has 0 rings (SSSR count). The topological polar surface area (TPSA) is 95.9 Å². The molecule has 2 unspecified atom stereocenters. The molecule has 0 aliphatic carbocycles. The van der Waals surface area contributed by atoms with Gasteiger partial charge in [-0.3, -0.25) is 9.59 Å². The van der Waals surface area contributed by atoms with Crippen LogP contribution >= 0.6 is 0 Å². The van der Waals surface area contributed by atoms with Crippen LogP contribution in [0.4, 0.5) is 0 Å². The zero-order chi connectivity index (χ0) is 45.1. The van der Waals surface area contributed by atoms with E-state index in [0.29, 0.717) is 19.4 Å². The Morgan fingerprint density at radius 2 is 0.806 bits per heavy atom. The van der Waals surface area contributed by atoms with Crippen molar-refractivity contribution in [1.29, 1.82) is 0 Å². The number of ether oxygens (including phenoxy) is 1. The van der Waals surface area contributed by atoms with E-state index in [0.717, 1.165) is 51.4 Å². The van der Waals surface area contributed by atoms with Crippen LogP contribution in [0.25, 0.3) is 0 Å². The third-order valence-corrected chi connectivity index (χ3v) is 12.4. The molecule has 0 saturated heterocycles. The fraction of sp³-hybridized carbons (Fsp3) is 0.857. The molecular weight excluding hydrogens is 767 g/mol. The molecule has 0 spiro atoms. The second-order valence-electron chi connectivity index (χ2n) is 18.6. The number of unbranched alkanes of at least 4 members (excludes halogenated alkanes) is 35. The Kier molecular flexibility index (Phi) is 50.1. The van der Waals surface area contributed by atoms with Gasteiger partial charge in [0.2, 0.25) is 5.91 Å². The first-order valence-electron chi connectivity index (χ1n) is 27.3. The number of amides is 1. The molecule has 6 heteroatoms. The molecule has 364 valence electrons. The molecule has 1 amide bonds. The number of carbonyl (C=O) groups excluding carboxylic acids is 2. The molecule has 0 fully saturated rings. The highest BCUT2D eigenvalue weighted by molar-refractivity contribution is 5.76. The number of esters is 1. The van der Waals surface area contributed by atoms with Crippen molar-refractivity contribution in [3.8, 4) is 0 Å². The van der Waals surface area contributed by atoms with Crippen LogP contribution in [-0.4, -0.2) is 47.4 Å². The molecule has 0 heterocycles. The first kappa shape index (κ1) is 60.1. The van der Waals surface area contributed by atoms with E-state index in [9.17, 15) is 19.8 Å². The summed E-state index contributed by atoms with van der Waals surface area (Å²) in [6, 6.07) is -0.630. The van der Waals surface area contributed by atoms with E-state index >= 15 is 0 Å². The predicted molar refractivity (Wildman–Crippen MR) is 269 cm³/mol. The summed E-state index contributed by atoms with van der Waals surface area (Å²) in [4.78, 5) is 24.4. The molecule has 0 aromatic carbocycles. The summed E-state index contributed by atoms with van der Waals surface area (Å²) < 4.78 is 5.40. The predicted octanol–water partition coefficient (Wildman–Crippen LogP) is 16.5. The van der Waals surface area contributed by atoms with Crippen LogP contribution < -0.4 is 5.32 Å². The molecule has 2 atom stereocenters. The van der Waals surface area contributed by atoms with Gasteiger partial charge in [0.1, 0.15) is 0 Å². The number of hydrogen-bond donors (Lipinski definition) is 3. The molecule has 3 N–H and O–H groups in total. The van der Waals surface area contributed by atoms with E-state index in [-0.39, 0.29) is 18.5 Å². The Labute approximate surface area is 385 Å². The number of aliphatic hydroxyl groups is 2. The number of nitrogens with one attached hydrogen (secondary N) is 1. The Hall–Kier alpha value is -1.92. The fourth-order valence-corrected chi connectivity index (χ4v) is 8.24. The number of hydrogen-bond acceptors (Lipinski definition) is 5. The van der Waals surface area contributed by atoms with Crippen molar-refractivity contribution in [3.63, 3.8) is 0 Å². The van der Waals surface area contributed by atoms with Gasteiger partial charge in [0.15, 0.2) is 0 Å². The molecule has 0 radical (unpaired) electrons. The summed E-state index contributed by atoms with van der Waals surface area (Å²) in [6.07, 6.45) is 63.2. The van der Waals surface area contributed by atoms with Crippen molar-refractivity contribution < 1.29 is 24.5 Å². The molecule has 0 bridgehead atoms. The summed E-state index contributed by atoms with van der Waals surface area (Å²) >= 11 is 0. The second-order valence-corrected chi connectivity index (χ2v) is 18.6. The Morgan fingerprint density at radius 3 is 1.23 bits per heavy atom. The number of aliphatic hydroxyl groups excluding tert-OH is 2. The maximum atomic E-state index is 12.4. The van der Waals surface area contributed by atoms with Gasteiger partial charge in [-0.15, -0.1) is 0 Å². The Morgan fingerprint density at radius 1 is 0.452 bits per heavy atom. The molecule has 0 aromatic heterocycles. The van der Waals surface area contributed by atoms with E-state index in [2.05, 4.69) is 43.5 Å². The first-order chi connectivity index (χ1) is 30.5. The lowest BCUT2D eigenvalue weighted by Crippen LogP contribution is -2.45. The largest absolute Gasteiger partial charge is 0.465 e. The van der Waals surface area contributed by atoms with E-state index < -0.39 is 12.1 Å². The van der Waals surface area contributed by atoms with Gasteiger partial charge in [-0.2, -0.15) is 0 Å².